The molecule has 1 atom stereocenters. The van der Waals surface area contributed by atoms with Crippen molar-refractivity contribution in [3.63, 3.8) is 0 Å². The van der Waals surface area contributed by atoms with E-state index in [0.717, 1.165) is 4.90 Å². The lowest BCUT2D eigenvalue weighted by atomic mass is 9.98. The second kappa shape index (κ2) is 7.01. The Morgan fingerprint density at radius 3 is 2.36 bits per heavy atom. The summed E-state index contributed by atoms with van der Waals surface area (Å²) in [5.41, 5.74) is -2.35. The van der Waals surface area contributed by atoms with Crippen LogP contribution < -0.4 is 0 Å². The van der Waals surface area contributed by atoms with E-state index < -0.39 is 29.1 Å². The molecule has 0 aliphatic rings. The zero-order chi connectivity index (χ0) is 18.8. The van der Waals surface area contributed by atoms with Crippen LogP contribution in [0.15, 0.2) is 29.6 Å². The first-order valence-electron chi connectivity index (χ1n) is 7.26. The summed E-state index contributed by atoms with van der Waals surface area (Å²) >= 11 is 0.663. The van der Waals surface area contributed by atoms with E-state index in [1.807, 2.05) is 0 Å². The summed E-state index contributed by atoms with van der Waals surface area (Å²) in [5.74, 6) is -0.830. The molecule has 1 unspecified atom stereocenters. The predicted molar refractivity (Wildman–Crippen MR) is 86.0 cm³/mol. The summed E-state index contributed by atoms with van der Waals surface area (Å²) in [6.45, 7) is 1.56. The summed E-state index contributed by atoms with van der Waals surface area (Å²) < 4.78 is 40.2. The van der Waals surface area contributed by atoms with Gasteiger partial charge in [0.15, 0.2) is 0 Å². The molecule has 0 spiro atoms. The van der Waals surface area contributed by atoms with Crippen LogP contribution in [0.4, 0.5) is 13.2 Å². The third kappa shape index (κ3) is 4.29. The third-order valence-corrected chi connectivity index (χ3v) is 4.74. The summed E-state index contributed by atoms with van der Waals surface area (Å²) in [4.78, 5) is 17.0. The van der Waals surface area contributed by atoms with E-state index in [0.29, 0.717) is 22.6 Å². The van der Waals surface area contributed by atoms with Gasteiger partial charge in [0, 0.05) is 24.7 Å². The number of aromatic nitrogens is 1. The lowest BCUT2D eigenvalue weighted by molar-refractivity contribution is -0.268. The van der Waals surface area contributed by atoms with Gasteiger partial charge in [-0.3, -0.25) is 4.79 Å². The number of nitrogens with zero attached hydrogens (tertiary/aromatic N) is 2. The molecule has 1 aromatic heterocycles. The molecule has 5 nitrogen and oxygen atoms in total. The molecule has 25 heavy (non-hydrogen) atoms. The number of aliphatic hydroxyl groups is 1. The lowest BCUT2D eigenvalue weighted by Gasteiger charge is -2.29. The van der Waals surface area contributed by atoms with Gasteiger partial charge in [-0.15, -0.1) is 11.3 Å². The fourth-order valence-corrected chi connectivity index (χ4v) is 3.07. The molecule has 1 amide bonds. The number of carbonyl (C=O) groups excluding carboxylic acids is 1. The van der Waals surface area contributed by atoms with Gasteiger partial charge in [0.1, 0.15) is 10.8 Å². The van der Waals surface area contributed by atoms with E-state index in [-0.39, 0.29) is 12.3 Å². The molecule has 2 N–H and O–H groups in total. The number of halogens is 3. The highest BCUT2D eigenvalue weighted by Gasteiger charge is 2.58. The van der Waals surface area contributed by atoms with Gasteiger partial charge < -0.3 is 15.1 Å². The molecular formula is C16H17F3N2O3S. The van der Waals surface area contributed by atoms with Crippen LogP contribution in [0.1, 0.15) is 22.7 Å². The molecule has 0 saturated carbocycles. The molecule has 2 rings (SSSR count). The van der Waals surface area contributed by atoms with Gasteiger partial charge in [0.25, 0.3) is 0 Å². The van der Waals surface area contributed by atoms with Crippen LogP contribution in [0.3, 0.4) is 0 Å². The Hall–Kier alpha value is -2.13. The number of thiazole rings is 1. The summed E-state index contributed by atoms with van der Waals surface area (Å²) in [5, 5.41) is 20.3. The van der Waals surface area contributed by atoms with Crippen molar-refractivity contribution >= 4 is 17.2 Å². The Labute approximate surface area is 146 Å². The van der Waals surface area contributed by atoms with E-state index in [9.17, 15) is 28.2 Å². The minimum Gasteiger partial charge on any atom is -0.508 e. The minimum atomic E-state index is -5.04. The third-order valence-electron chi connectivity index (χ3n) is 3.63. The Kier molecular flexibility index (Phi) is 5.38. The van der Waals surface area contributed by atoms with Crippen molar-refractivity contribution < 1.29 is 28.2 Å². The first-order chi connectivity index (χ1) is 11.5. The first-order valence-corrected chi connectivity index (χ1v) is 8.14. The molecular weight excluding hydrogens is 357 g/mol. The van der Waals surface area contributed by atoms with Crippen LogP contribution in [0.25, 0.3) is 0 Å². The Morgan fingerprint density at radius 1 is 1.28 bits per heavy atom. The van der Waals surface area contributed by atoms with Crippen molar-refractivity contribution in [3.05, 3.63) is 45.9 Å². The monoisotopic (exact) mass is 374 g/mol. The number of alkyl halides is 3. The zero-order valence-corrected chi connectivity index (χ0v) is 14.4. The highest BCUT2D eigenvalue weighted by Crippen LogP contribution is 2.43. The van der Waals surface area contributed by atoms with Crippen molar-refractivity contribution in [2.24, 2.45) is 0 Å². The van der Waals surface area contributed by atoms with Gasteiger partial charge in [-0.05, 0) is 24.6 Å². The SMILES string of the molecule is Cc1csc(C(O)(CC(=O)N(C)Cc2ccc(O)cc2)C(F)(F)F)n1. The number of hydrogen-bond acceptors (Lipinski definition) is 5. The normalized spacial score (nSPS) is 14.2. The van der Waals surface area contributed by atoms with Gasteiger partial charge in [-0.25, -0.2) is 4.98 Å². The van der Waals surface area contributed by atoms with Crippen LogP contribution in [0, 0.1) is 6.92 Å². The maximum absolute atomic E-state index is 13.4. The number of rotatable bonds is 5. The standard InChI is InChI=1S/C16H17F3N2O3S/c1-10-9-25-14(20-10)15(24,16(17,18)19)7-13(23)21(2)8-11-3-5-12(22)6-4-11/h3-6,9,22,24H,7-8H2,1-2H3. The van der Waals surface area contributed by atoms with E-state index in [1.165, 1.54) is 31.5 Å². The topological polar surface area (TPSA) is 73.7 Å². The van der Waals surface area contributed by atoms with E-state index >= 15 is 0 Å². The number of carbonyl (C=O) groups is 1. The highest BCUT2D eigenvalue weighted by molar-refractivity contribution is 7.09. The quantitative estimate of drug-likeness (QED) is 0.844. The maximum Gasteiger partial charge on any atom is 0.424 e. The second-order valence-electron chi connectivity index (χ2n) is 5.75. The van der Waals surface area contributed by atoms with E-state index in [4.69, 9.17) is 0 Å². The second-order valence-corrected chi connectivity index (χ2v) is 6.60. The van der Waals surface area contributed by atoms with Crippen molar-refractivity contribution in [2.75, 3.05) is 7.05 Å². The van der Waals surface area contributed by atoms with Crippen molar-refractivity contribution in [2.45, 2.75) is 31.7 Å². The Morgan fingerprint density at radius 2 is 1.88 bits per heavy atom. The van der Waals surface area contributed by atoms with Gasteiger partial charge in [0.05, 0.1) is 6.42 Å². The molecule has 2 aromatic rings. The average molecular weight is 374 g/mol. The molecule has 1 heterocycles. The number of amides is 1. The average Bonchev–Trinajstić information content (AvgIpc) is 2.95. The van der Waals surface area contributed by atoms with Crippen LogP contribution in [0.5, 0.6) is 5.75 Å². The van der Waals surface area contributed by atoms with Crippen LogP contribution >= 0.6 is 11.3 Å². The first kappa shape index (κ1) is 19.2. The van der Waals surface area contributed by atoms with Crippen LogP contribution in [-0.4, -0.2) is 39.2 Å². The smallest absolute Gasteiger partial charge is 0.424 e. The molecule has 0 radical (unpaired) electrons. The molecule has 0 saturated heterocycles. The van der Waals surface area contributed by atoms with Crippen molar-refractivity contribution in [1.29, 1.82) is 0 Å². The number of aromatic hydroxyl groups is 1. The van der Waals surface area contributed by atoms with Gasteiger partial charge in [-0.1, -0.05) is 12.1 Å². The molecule has 0 bridgehead atoms. The number of aryl methyl sites for hydroxylation is 1. The van der Waals surface area contributed by atoms with Gasteiger partial charge in [-0.2, -0.15) is 13.2 Å². The van der Waals surface area contributed by atoms with Gasteiger partial charge in [0.2, 0.25) is 11.5 Å². The fourth-order valence-electron chi connectivity index (χ4n) is 2.16. The maximum atomic E-state index is 13.4. The van der Waals surface area contributed by atoms with Crippen molar-refractivity contribution in [1.82, 2.24) is 9.88 Å². The molecule has 1 aromatic carbocycles. The number of hydrogen-bond donors (Lipinski definition) is 2. The number of benzene rings is 1. The van der Waals surface area contributed by atoms with E-state index in [1.54, 1.807) is 12.1 Å². The van der Waals surface area contributed by atoms with Crippen molar-refractivity contribution in [3.8, 4) is 5.75 Å². The number of phenolic OH excluding ortho intramolecular Hbond substituents is 1. The summed E-state index contributed by atoms with van der Waals surface area (Å²) in [7, 11) is 1.35. The van der Waals surface area contributed by atoms with Crippen LogP contribution in [-0.2, 0) is 16.9 Å². The largest absolute Gasteiger partial charge is 0.508 e. The number of phenols is 1. The summed E-state index contributed by atoms with van der Waals surface area (Å²) in [6, 6.07) is 5.94. The van der Waals surface area contributed by atoms with Crippen LogP contribution in [0.2, 0.25) is 0 Å². The fraction of sp³-hybridized carbons (Fsp3) is 0.375. The molecule has 9 heteroatoms. The van der Waals surface area contributed by atoms with Gasteiger partial charge >= 0.3 is 6.18 Å². The highest BCUT2D eigenvalue weighted by atomic mass is 32.1. The summed E-state index contributed by atoms with van der Waals surface area (Å²) in [6.07, 6.45) is -6.19. The molecule has 0 aliphatic carbocycles. The predicted octanol–water partition coefficient (Wildman–Crippen LogP) is 2.96. The van der Waals surface area contributed by atoms with E-state index in [2.05, 4.69) is 4.98 Å². The zero-order valence-electron chi connectivity index (χ0n) is 13.5. The molecule has 136 valence electrons. The minimum absolute atomic E-state index is 0.0447. The lowest BCUT2D eigenvalue weighted by Crippen LogP contribution is -2.46. The Bertz CT molecular complexity index is 746. The molecule has 0 fully saturated rings. The Balaban J connectivity index is 2.18. The molecule has 0 aliphatic heterocycles.